The van der Waals surface area contributed by atoms with Crippen LogP contribution in [-0.4, -0.2) is 21.5 Å². The predicted octanol–water partition coefficient (Wildman–Crippen LogP) is 7.54. The lowest BCUT2D eigenvalue weighted by Crippen LogP contribution is -2.05. The zero-order chi connectivity index (χ0) is 21.3. The van der Waals surface area contributed by atoms with Gasteiger partial charge in [0, 0.05) is 16.5 Å². The van der Waals surface area contributed by atoms with E-state index in [9.17, 15) is 0 Å². The van der Waals surface area contributed by atoms with E-state index < -0.39 is 0 Å². The Kier molecular flexibility index (Phi) is 7.56. The fourth-order valence-corrected chi connectivity index (χ4v) is 4.08. The maximum Gasteiger partial charge on any atom is 0.302 e. The predicted molar refractivity (Wildman–Crippen MR) is 132 cm³/mol. The summed E-state index contributed by atoms with van der Waals surface area (Å²) in [5.74, 6) is 0. The first-order valence-electron chi connectivity index (χ1n) is 10.9. The molecule has 1 heterocycles. The van der Waals surface area contributed by atoms with Gasteiger partial charge in [-0.2, -0.15) is 4.98 Å². The maximum absolute atomic E-state index is 6.28. The van der Waals surface area contributed by atoms with Crippen LogP contribution in [0.2, 0.25) is 0 Å². The van der Waals surface area contributed by atoms with E-state index in [0.29, 0.717) is 12.6 Å². The highest BCUT2D eigenvalue weighted by Gasteiger charge is 2.22. The van der Waals surface area contributed by atoms with Crippen molar-refractivity contribution in [3.8, 4) is 34.2 Å². The molecule has 0 atom stereocenters. The quantitative estimate of drug-likeness (QED) is 0.175. The SMILES string of the molecule is BrCCCCCCOc1nc(-c2ccccc2)c(-c2ccccc2)n1-c1ccccc1. The molecule has 0 aliphatic heterocycles. The summed E-state index contributed by atoms with van der Waals surface area (Å²) in [5.41, 5.74) is 5.23. The van der Waals surface area contributed by atoms with Crippen LogP contribution < -0.4 is 4.74 Å². The molecule has 0 radical (unpaired) electrons. The lowest BCUT2D eigenvalue weighted by atomic mass is 10.0. The molecule has 4 aromatic rings. The van der Waals surface area contributed by atoms with Crippen LogP contribution in [-0.2, 0) is 0 Å². The Bertz CT molecular complexity index is 1060. The Morgan fingerprint density at radius 2 is 1.26 bits per heavy atom. The molecule has 4 rings (SSSR count). The molecular weight excluding hydrogens is 448 g/mol. The Morgan fingerprint density at radius 1 is 0.677 bits per heavy atom. The fraction of sp³-hybridized carbons (Fsp3) is 0.222. The molecule has 3 nitrogen and oxygen atoms in total. The number of ether oxygens (including phenoxy) is 1. The van der Waals surface area contributed by atoms with Gasteiger partial charge in [-0.05, 0) is 25.0 Å². The average molecular weight is 475 g/mol. The Labute approximate surface area is 192 Å². The molecule has 0 unspecified atom stereocenters. The van der Waals surface area contributed by atoms with Crippen LogP contribution in [0.1, 0.15) is 25.7 Å². The second-order valence-corrected chi connectivity index (χ2v) is 8.24. The third-order valence-corrected chi connectivity index (χ3v) is 5.78. The summed E-state index contributed by atoms with van der Waals surface area (Å²) >= 11 is 3.50. The highest BCUT2D eigenvalue weighted by Crippen LogP contribution is 2.37. The number of unbranched alkanes of at least 4 members (excludes halogenated alkanes) is 3. The molecule has 3 aromatic carbocycles. The number of alkyl halides is 1. The van der Waals surface area contributed by atoms with Crippen LogP contribution in [0.3, 0.4) is 0 Å². The monoisotopic (exact) mass is 474 g/mol. The van der Waals surface area contributed by atoms with Crippen LogP contribution in [0.15, 0.2) is 91.0 Å². The standard InChI is InChI=1S/C27H27BrN2O/c28-20-12-1-2-13-21-31-27-29-25(22-14-6-3-7-15-22)26(23-16-8-4-9-17-23)30(27)24-18-10-5-11-19-24/h3-11,14-19H,1-2,12-13,20-21H2. The fourth-order valence-electron chi connectivity index (χ4n) is 3.69. The molecule has 31 heavy (non-hydrogen) atoms. The van der Waals surface area contributed by atoms with Gasteiger partial charge in [0.1, 0.15) is 5.69 Å². The molecule has 0 amide bonds. The number of benzene rings is 3. The van der Waals surface area contributed by atoms with Crippen molar-refractivity contribution in [2.24, 2.45) is 0 Å². The summed E-state index contributed by atoms with van der Waals surface area (Å²) in [7, 11) is 0. The van der Waals surface area contributed by atoms with Crippen LogP contribution in [0, 0.1) is 0 Å². The maximum atomic E-state index is 6.28. The van der Waals surface area contributed by atoms with Gasteiger partial charge in [0.25, 0.3) is 0 Å². The lowest BCUT2D eigenvalue weighted by Gasteiger charge is -2.13. The topological polar surface area (TPSA) is 27.1 Å². The molecule has 0 spiro atoms. The minimum absolute atomic E-state index is 0.643. The molecular formula is C27H27BrN2O. The largest absolute Gasteiger partial charge is 0.464 e. The minimum Gasteiger partial charge on any atom is -0.464 e. The van der Waals surface area contributed by atoms with E-state index in [1.807, 2.05) is 18.2 Å². The molecule has 0 bridgehead atoms. The van der Waals surface area contributed by atoms with Gasteiger partial charge in [0.05, 0.1) is 18.0 Å². The lowest BCUT2D eigenvalue weighted by molar-refractivity contribution is 0.278. The number of nitrogens with zero attached hydrogens (tertiary/aromatic N) is 2. The number of halogens is 1. The van der Waals surface area contributed by atoms with Crippen molar-refractivity contribution in [3.05, 3.63) is 91.0 Å². The van der Waals surface area contributed by atoms with Crippen molar-refractivity contribution >= 4 is 15.9 Å². The number of aromatic nitrogens is 2. The van der Waals surface area contributed by atoms with Crippen LogP contribution >= 0.6 is 15.9 Å². The van der Waals surface area contributed by atoms with Crippen molar-refractivity contribution in [1.29, 1.82) is 0 Å². The van der Waals surface area contributed by atoms with E-state index in [1.54, 1.807) is 0 Å². The highest BCUT2D eigenvalue weighted by atomic mass is 79.9. The third-order valence-electron chi connectivity index (χ3n) is 5.21. The van der Waals surface area contributed by atoms with Gasteiger partial charge in [0.15, 0.2) is 0 Å². The van der Waals surface area contributed by atoms with Gasteiger partial charge in [0.2, 0.25) is 0 Å². The number of rotatable bonds is 10. The number of para-hydroxylation sites is 1. The van der Waals surface area contributed by atoms with Crippen molar-refractivity contribution in [1.82, 2.24) is 9.55 Å². The average Bonchev–Trinajstić information content (AvgIpc) is 3.22. The zero-order valence-corrected chi connectivity index (χ0v) is 19.2. The van der Waals surface area contributed by atoms with Crippen molar-refractivity contribution in [2.45, 2.75) is 25.7 Å². The highest BCUT2D eigenvalue weighted by molar-refractivity contribution is 9.09. The first-order chi connectivity index (χ1) is 15.4. The van der Waals surface area contributed by atoms with E-state index in [4.69, 9.17) is 9.72 Å². The molecule has 0 saturated heterocycles. The van der Waals surface area contributed by atoms with Crippen molar-refractivity contribution in [2.75, 3.05) is 11.9 Å². The molecule has 0 aliphatic carbocycles. The minimum atomic E-state index is 0.643. The van der Waals surface area contributed by atoms with Gasteiger partial charge in [-0.25, -0.2) is 0 Å². The van der Waals surface area contributed by atoms with E-state index >= 15 is 0 Å². The molecule has 0 saturated carbocycles. The van der Waals surface area contributed by atoms with Gasteiger partial charge >= 0.3 is 6.01 Å². The second kappa shape index (κ2) is 11.0. The summed E-state index contributed by atoms with van der Waals surface area (Å²) < 4.78 is 8.43. The number of hydrogen-bond donors (Lipinski definition) is 0. The van der Waals surface area contributed by atoms with E-state index in [1.165, 1.54) is 12.8 Å². The van der Waals surface area contributed by atoms with E-state index in [0.717, 1.165) is 46.4 Å². The smallest absolute Gasteiger partial charge is 0.302 e. The van der Waals surface area contributed by atoms with Gasteiger partial charge < -0.3 is 4.74 Å². The first kappa shape index (κ1) is 21.4. The summed E-state index contributed by atoms with van der Waals surface area (Å²) in [4.78, 5) is 5.00. The number of imidazole rings is 1. The Balaban J connectivity index is 1.78. The van der Waals surface area contributed by atoms with Gasteiger partial charge in [-0.3, -0.25) is 4.57 Å². The summed E-state index contributed by atoms with van der Waals surface area (Å²) in [5, 5.41) is 1.06. The van der Waals surface area contributed by atoms with Crippen molar-refractivity contribution < 1.29 is 4.74 Å². The zero-order valence-electron chi connectivity index (χ0n) is 17.6. The van der Waals surface area contributed by atoms with Gasteiger partial charge in [-0.15, -0.1) is 0 Å². The first-order valence-corrected chi connectivity index (χ1v) is 12.0. The third kappa shape index (κ3) is 5.26. The van der Waals surface area contributed by atoms with Crippen LogP contribution in [0.5, 0.6) is 6.01 Å². The van der Waals surface area contributed by atoms with Crippen LogP contribution in [0.4, 0.5) is 0 Å². The summed E-state index contributed by atoms with van der Waals surface area (Å²) in [6.07, 6.45) is 4.60. The van der Waals surface area contributed by atoms with E-state index in [2.05, 4.69) is 93.3 Å². The molecule has 1 aromatic heterocycles. The van der Waals surface area contributed by atoms with Gasteiger partial charge in [-0.1, -0.05) is 108 Å². The van der Waals surface area contributed by atoms with Crippen LogP contribution in [0.25, 0.3) is 28.2 Å². The molecule has 4 heteroatoms. The summed E-state index contributed by atoms with van der Waals surface area (Å²) in [6, 6.07) is 31.8. The second-order valence-electron chi connectivity index (χ2n) is 7.45. The molecule has 158 valence electrons. The molecule has 0 aliphatic rings. The molecule has 0 fully saturated rings. The normalized spacial score (nSPS) is 10.9. The number of hydrogen-bond acceptors (Lipinski definition) is 2. The van der Waals surface area contributed by atoms with E-state index in [-0.39, 0.29) is 0 Å². The Morgan fingerprint density at radius 3 is 1.90 bits per heavy atom. The summed E-state index contributed by atoms with van der Waals surface area (Å²) in [6.45, 7) is 0.661. The Hall–Kier alpha value is -2.85. The van der Waals surface area contributed by atoms with Crippen molar-refractivity contribution in [3.63, 3.8) is 0 Å². The molecule has 0 N–H and O–H groups in total.